The lowest BCUT2D eigenvalue weighted by molar-refractivity contribution is -0.385. The molecule has 0 atom stereocenters. The van der Waals surface area contributed by atoms with Gasteiger partial charge in [0.2, 0.25) is 0 Å². The number of carbonyl (C=O) groups excluding carboxylic acids is 2. The third-order valence-corrected chi connectivity index (χ3v) is 4.59. The summed E-state index contributed by atoms with van der Waals surface area (Å²) in [4.78, 5) is 39.1. The number of hydrogen-bond donors (Lipinski definition) is 1. The summed E-state index contributed by atoms with van der Waals surface area (Å²) in [6.07, 6.45) is 1.46. The van der Waals surface area contributed by atoms with E-state index in [0.29, 0.717) is 33.5 Å². The van der Waals surface area contributed by atoms with Gasteiger partial charge < -0.3 is 10.1 Å². The maximum Gasteiger partial charge on any atom is 0.338 e. The number of carbonyl (C=O) groups is 2. The Hall–Kier alpha value is -3.46. The van der Waals surface area contributed by atoms with Crippen LogP contribution in [-0.4, -0.2) is 28.6 Å². The predicted octanol–water partition coefficient (Wildman–Crippen LogP) is 3.66. The lowest BCUT2D eigenvalue weighted by Crippen LogP contribution is -2.19. The molecule has 1 aliphatic heterocycles. The summed E-state index contributed by atoms with van der Waals surface area (Å²) in [7, 11) is 0. The zero-order valence-corrected chi connectivity index (χ0v) is 15.6. The van der Waals surface area contributed by atoms with E-state index in [1.807, 2.05) is 0 Å². The summed E-state index contributed by atoms with van der Waals surface area (Å²) in [6.45, 7) is 2.02. The fraction of sp³-hybridized carbons (Fsp3) is 0.105. The SMILES string of the molecule is CCOC(=O)c1ccc(N=C2NC(=O)/C(=C/c3ccccc3[N+](=O)[O-])S2)cc1. The molecule has 1 N–H and O–H groups in total. The number of amidine groups is 1. The summed E-state index contributed by atoms with van der Waals surface area (Å²) in [5.41, 5.74) is 1.21. The van der Waals surface area contributed by atoms with Crippen LogP contribution in [-0.2, 0) is 9.53 Å². The second-order valence-electron chi connectivity index (χ2n) is 5.57. The van der Waals surface area contributed by atoms with Gasteiger partial charge in [0.15, 0.2) is 5.17 Å². The van der Waals surface area contributed by atoms with Gasteiger partial charge in [0.05, 0.1) is 33.2 Å². The van der Waals surface area contributed by atoms with Crippen molar-refractivity contribution in [1.82, 2.24) is 5.32 Å². The molecule has 2 aromatic carbocycles. The van der Waals surface area contributed by atoms with Gasteiger partial charge in [-0.2, -0.15) is 0 Å². The van der Waals surface area contributed by atoms with Crippen LogP contribution in [0, 0.1) is 10.1 Å². The second-order valence-corrected chi connectivity index (χ2v) is 6.60. The van der Waals surface area contributed by atoms with Gasteiger partial charge in [-0.25, -0.2) is 9.79 Å². The molecule has 0 bridgehead atoms. The Labute approximate surface area is 164 Å². The lowest BCUT2D eigenvalue weighted by atomic mass is 10.1. The minimum Gasteiger partial charge on any atom is -0.462 e. The predicted molar refractivity (Wildman–Crippen MR) is 106 cm³/mol. The van der Waals surface area contributed by atoms with Gasteiger partial charge in [-0.05, 0) is 55.1 Å². The molecule has 1 saturated heterocycles. The number of benzene rings is 2. The highest BCUT2D eigenvalue weighted by molar-refractivity contribution is 8.18. The molecule has 9 heteroatoms. The van der Waals surface area contributed by atoms with E-state index in [9.17, 15) is 19.7 Å². The highest BCUT2D eigenvalue weighted by Crippen LogP contribution is 2.30. The highest BCUT2D eigenvalue weighted by atomic mass is 32.2. The number of amides is 1. The van der Waals surface area contributed by atoms with Crippen molar-refractivity contribution >= 4 is 46.3 Å². The van der Waals surface area contributed by atoms with E-state index in [4.69, 9.17) is 4.74 Å². The number of aliphatic imine (C=N–C) groups is 1. The summed E-state index contributed by atoms with van der Waals surface area (Å²) in [5.74, 6) is -0.801. The maximum atomic E-state index is 12.2. The van der Waals surface area contributed by atoms with Gasteiger partial charge >= 0.3 is 5.97 Å². The van der Waals surface area contributed by atoms with Crippen molar-refractivity contribution in [3.63, 3.8) is 0 Å². The van der Waals surface area contributed by atoms with Crippen LogP contribution >= 0.6 is 11.8 Å². The van der Waals surface area contributed by atoms with E-state index in [-0.39, 0.29) is 11.6 Å². The minimum atomic E-state index is -0.496. The molecular weight excluding hydrogens is 382 g/mol. The topological polar surface area (TPSA) is 111 Å². The lowest BCUT2D eigenvalue weighted by Gasteiger charge is -2.02. The van der Waals surface area contributed by atoms with Crippen LogP contribution in [0.15, 0.2) is 58.4 Å². The highest BCUT2D eigenvalue weighted by Gasteiger charge is 2.25. The van der Waals surface area contributed by atoms with Crippen molar-refractivity contribution in [2.24, 2.45) is 4.99 Å². The normalized spacial score (nSPS) is 16.2. The number of rotatable bonds is 5. The number of hydrogen-bond acceptors (Lipinski definition) is 7. The zero-order chi connectivity index (χ0) is 20.1. The molecule has 1 fully saturated rings. The van der Waals surface area contributed by atoms with Gasteiger partial charge in [0.25, 0.3) is 11.6 Å². The summed E-state index contributed by atoms with van der Waals surface area (Å²) >= 11 is 1.08. The third kappa shape index (κ3) is 4.44. The molecular formula is C19H15N3O5S. The monoisotopic (exact) mass is 397 g/mol. The van der Waals surface area contributed by atoms with Crippen LogP contribution in [0.3, 0.4) is 0 Å². The molecule has 1 heterocycles. The first kappa shape index (κ1) is 19.3. The zero-order valence-electron chi connectivity index (χ0n) is 14.7. The van der Waals surface area contributed by atoms with E-state index in [0.717, 1.165) is 11.8 Å². The Bertz CT molecular complexity index is 999. The smallest absolute Gasteiger partial charge is 0.338 e. The fourth-order valence-corrected chi connectivity index (χ4v) is 3.23. The van der Waals surface area contributed by atoms with E-state index in [2.05, 4.69) is 10.3 Å². The van der Waals surface area contributed by atoms with Gasteiger partial charge in [0, 0.05) is 6.07 Å². The molecule has 0 aromatic heterocycles. The van der Waals surface area contributed by atoms with Crippen LogP contribution in [0.25, 0.3) is 6.08 Å². The molecule has 28 heavy (non-hydrogen) atoms. The molecule has 1 amide bonds. The van der Waals surface area contributed by atoms with Crippen molar-refractivity contribution in [3.05, 3.63) is 74.7 Å². The van der Waals surface area contributed by atoms with Crippen LogP contribution in [0.2, 0.25) is 0 Å². The number of nitrogens with one attached hydrogen (secondary N) is 1. The van der Waals surface area contributed by atoms with Gasteiger partial charge in [0.1, 0.15) is 0 Å². The molecule has 0 aliphatic carbocycles. The van der Waals surface area contributed by atoms with Crippen molar-refractivity contribution < 1.29 is 19.2 Å². The van der Waals surface area contributed by atoms with Crippen LogP contribution in [0.1, 0.15) is 22.8 Å². The number of ether oxygens (including phenoxy) is 1. The number of nitro benzene ring substituents is 1. The number of thioether (sulfide) groups is 1. The number of esters is 1. The van der Waals surface area contributed by atoms with E-state index in [1.165, 1.54) is 12.1 Å². The quantitative estimate of drug-likeness (QED) is 0.357. The number of nitro groups is 1. The van der Waals surface area contributed by atoms with Crippen LogP contribution < -0.4 is 5.32 Å². The minimum absolute atomic E-state index is 0.0802. The van der Waals surface area contributed by atoms with E-state index >= 15 is 0 Å². The average Bonchev–Trinajstić information content (AvgIpc) is 3.01. The third-order valence-electron chi connectivity index (χ3n) is 3.68. The van der Waals surface area contributed by atoms with Crippen molar-refractivity contribution in [1.29, 1.82) is 0 Å². The fourth-order valence-electron chi connectivity index (χ4n) is 2.40. The van der Waals surface area contributed by atoms with Crippen molar-refractivity contribution in [3.8, 4) is 0 Å². The molecule has 3 rings (SSSR count). The van der Waals surface area contributed by atoms with Gasteiger partial charge in [-0.3, -0.25) is 14.9 Å². The Morgan fingerprint density at radius 3 is 2.64 bits per heavy atom. The van der Waals surface area contributed by atoms with Gasteiger partial charge in [-0.15, -0.1) is 0 Å². The molecule has 0 saturated carbocycles. The molecule has 0 unspecified atom stereocenters. The molecule has 142 valence electrons. The first-order valence-electron chi connectivity index (χ1n) is 8.28. The number of para-hydroxylation sites is 1. The van der Waals surface area contributed by atoms with Crippen molar-refractivity contribution in [2.75, 3.05) is 6.61 Å². The van der Waals surface area contributed by atoms with Crippen LogP contribution in [0.5, 0.6) is 0 Å². The molecule has 0 radical (unpaired) electrons. The Morgan fingerprint density at radius 1 is 1.25 bits per heavy atom. The Morgan fingerprint density at radius 2 is 1.96 bits per heavy atom. The van der Waals surface area contributed by atoms with Gasteiger partial charge in [-0.1, -0.05) is 12.1 Å². The van der Waals surface area contributed by atoms with E-state index in [1.54, 1.807) is 49.4 Å². The summed E-state index contributed by atoms with van der Waals surface area (Å²) in [5, 5.41) is 14.1. The average molecular weight is 397 g/mol. The number of nitrogens with zero attached hydrogens (tertiary/aromatic N) is 2. The molecule has 2 aromatic rings. The summed E-state index contributed by atoms with van der Waals surface area (Å²) in [6, 6.07) is 12.6. The summed E-state index contributed by atoms with van der Waals surface area (Å²) < 4.78 is 4.92. The van der Waals surface area contributed by atoms with Crippen molar-refractivity contribution in [2.45, 2.75) is 6.92 Å². The first-order valence-corrected chi connectivity index (χ1v) is 9.09. The molecule has 8 nitrogen and oxygen atoms in total. The largest absolute Gasteiger partial charge is 0.462 e. The molecule has 0 spiro atoms. The van der Waals surface area contributed by atoms with Crippen LogP contribution in [0.4, 0.5) is 11.4 Å². The van der Waals surface area contributed by atoms with E-state index < -0.39 is 10.9 Å². The maximum absolute atomic E-state index is 12.2. The Balaban J connectivity index is 1.79. The first-order chi connectivity index (χ1) is 13.5. The second kappa shape index (κ2) is 8.49. The Kier molecular flexibility index (Phi) is 5.85. The molecule has 1 aliphatic rings. The standard InChI is InChI=1S/C19H15N3O5S/c1-2-27-18(24)12-7-9-14(10-8-12)20-19-21-17(23)16(28-19)11-13-5-3-4-6-15(13)22(25)26/h3-11H,2H2,1H3,(H,20,21,23)/b16-11-.